The molecule has 0 radical (unpaired) electrons. The normalized spacial score (nSPS) is 26.2. The third-order valence-corrected chi connectivity index (χ3v) is 7.45. The van der Waals surface area contributed by atoms with Gasteiger partial charge in [0.25, 0.3) is 0 Å². The lowest BCUT2D eigenvalue weighted by Gasteiger charge is -2.56. The smallest absolute Gasteiger partial charge is 0.124 e. The summed E-state index contributed by atoms with van der Waals surface area (Å²) >= 11 is 0. The van der Waals surface area contributed by atoms with Gasteiger partial charge in [0.15, 0.2) is 0 Å². The van der Waals surface area contributed by atoms with E-state index >= 15 is 0 Å². The molecule has 162 valence electrons. The summed E-state index contributed by atoms with van der Waals surface area (Å²) in [5.74, 6) is 0.870. The van der Waals surface area contributed by atoms with Crippen molar-refractivity contribution in [1.29, 1.82) is 0 Å². The highest BCUT2D eigenvalue weighted by molar-refractivity contribution is 5.42. The second-order valence-electron chi connectivity index (χ2n) is 10.2. The fourth-order valence-electron chi connectivity index (χ4n) is 5.63. The predicted octanol–water partition coefficient (Wildman–Crippen LogP) is 4.41. The van der Waals surface area contributed by atoms with Gasteiger partial charge in [-0.25, -0.2) is 0 Å². The highest BCUT2D eigenvalue weighted by atomic mass is 16.3. The molecule has 0 spiro atoms. The van der Waals surface area contributed by atoms with Crippen LogP contribution in [0.15, 0.2) is 42.7 Å². The van der Waals surface area contributed by atoms with Crippen molar-refractivity contribution in [2.24, 2.45) is 5.41 Å². The minimum absolute atomic E-state index is 0.168. The molecule has 2 aliphatic rings. The van der Waals surface area contributed by atoms with Crippen LogP contribution in [0.3, 0.4) is 0 Å². The van der Waals surface area contributed by atoms with E-state index in [9.17, 15) is 10.2 Å². The van der Waals surface area contributed by atoms with Gasteiger partial charge in [-0.2, -0.15) is 0 Å². The number of benzene rings is 1. The maximum atomic E-state index is 12.3. The summed E-state index contributed by atoms with van der Waals surface area (Å²) in [6.45, 7) is 8.26. The van der Waals surface area contributed by atoms with Crippen molar-refractivity contribution in [2.75, 3.05) is 20.1 Å². The van der Waals surface area contributed by atoms with Gasteiger partial charge >= 0.3 is 0 Å². The minimum Gasteiger partial charge on any atom is -0.393 e. The molecule has 1 saturated heterocycles. The van der Waals surface area contributed by atoms with Crippen molar-refractivity contribution in [3.8, 4) is 0 Å². The molecule has 0 bridgehead atoms. The number of rotatable bonds is 5. The van der Waals surface area contributed by atoms with E-state index in [1.54, 1.807) is 0 Å². The molecule has 0 amide bonds. The molecule has 30 heavy (non-hydrogen) atoms. The van der Waals surface area contributed by atoms with Crippen molar-refractivity contribution in [3.63, 3.8) is 0 Å². The molecule has 2 N–H and O–H groups in total. The van der Waals surface area contributed by atoms with Crippen LogP contribution >= 0.6 is 0 Å². The molecular weight excluding hydrogens is 372 g/mol. The van der Waals surface area contributed by atoms with E-state index in [-0.39, 0.29) is 11.5 Å². The second-order valence-corrected chi connectivity index (χ2v) is 10.2. The number of hydrogen-bond donors (Lipinski definition) is 2. The topological polar surface area (TPSA) is 56.6 Å². The Labute approximate surface area is 181 Å². The fraction of sp³-hybridized carbons (Fsp3) is 0.577. The maximum Gasteiger partial charge on any atom is 0.124 e. The van der Waals surface area contributed by atoms with E-state index in [2.05, 4.69) is 68.0 Å². The van der Waals surface area contributed by atoms with Gasteiger partial charge in [-0.1, -0.05) is 45.0 Å². The molecule has 2 aromatic rings. The van der Waals surface area contributed by atoms with Gasteiger partial charge in [-0.15, -0.1) is 0 Å². The van der Waals surface area contributed by atoms with Crippen LogP contribution in [-0.2, 0) is 5.60 Å². The molecule has 1 aliphatic heterocycles. The van der Waals surface area contributed by atoms with E-state index in [1.165, 1.54) is 11.1 Å². The quantitative estimate of drug-likeness (QED) is 0.769. The van der Waals surface area contributed by atoms with Gasteiger partial charge in [-0.3, -0.25) is 4.98 Å². The van der Waals surface area contributed by atoms with Crippen molar-refractivity contribution in [3.05, 3.63) is 65.0 Å². The largest absolute Gasteiger partial charge is 0.393 e. The first-order valence-corrected chi connectivity index (χ1v) is 11.4. The van der Waals surface area contributed by atoms with E-state index in [1.807, 2.05) is 12.4 Å². The van der Waals surface area contributed by atoms with Gasteiger partial charge in [0.05, 0.1) is 6.10 Å². The SMILES string of the molecule is CC(C)c1ccc(C(O)(c2cncc(C3CCC(O)CC3)c2)C2(C)CN(C)C2)cc1. The zero-order chi connectivity index (χ0) is 21.5. The van der Waals surface area contributed by atoms with Crippen LogP contribution in [0.1, 0.15) is 80.5 Å². The van der Waals surface area contributed by atoms with Crippen LogP contribution in [0.5, 0.6) is 0 Å². The summed E-state index contributed by atoms with van der Waals surface area (Å²) in [6.07, 6.45) is 7.28. The Kier molecular flexibility index (Phi) is 5.78. The Hall–Kier alpha value is -1.75. The standard InChI is InChI=1S/C26H36N2O2/c1-18(2)19-5-9-22(10-6-19)26(30,25(3)16-28(4)17-25)23-13-21(14-27-15-23)20-7-11-24(29)12-8-20/h5-6,9-10,13-15,18,20,24,29-30H,7-8,11-12,16-17H2,1-4H3. The molecule has 4 rings (SSSR count). The first-order valence-electron chi connectivity index (χ1n) is 11.4. The highest BCUT2D eigenvalue weighted by Gasteiger charge is 2.55. The van der Waals surface area contributed by atoms with Gasteiger partial charge in [0.2, 0.25) is 0 Å². The molecule has 2 heterocycles. The lowest BCUT2D eigenvalue weighted by Crippen LogP contribution is -2.63. The number of likely N-dealkylation sites (tertiary alicyclic amines) is 1. The number of pyridine rings is 1. The third-order valence-electron chi connectivity index (χ3n) is 7.45. The predicted molar refractivity (Wildman–Crippen MR) is 121 cm³/mol. The fourth-order valence-corrected chi connectivity index (χ4v) is 5.63. The Balaban J connectivity index is 1.74. The summed E-state index contributed by atoms with van der Waals surface area (Å²) in [6, 6.07) is 10.7. The number of aromatic nitrogens is 1. The molecule has 4 heteroatoms. The summed E-state index contributed by atoms with van der Waals surface area (Å²) in [5.41, 5.74) is 2.94. The molecule has 2 fully saturated rings. The molecule has 1 aromatic carbocycles. The van der Waals surface area contributed by atoms with Crippen molar-refractivity contribution in [1.82, 2.24) is 9.88 Å². The molecular formula is C26H36N2O2. The Morgan fingerprint density at radius 1 is 1.03 bits per heavy atom. The summed E-state index contributed by atoms with van der Waals surface area (Å²) < 4.78 is 0. The van der Waals surface area contributed by atoms with Gasteiger partial charge in [0, 0.05) is 36.5 Å². The summed E-state index contributed by atoms with van der Waals surface area (Å²) in [7, 11) is 2.10. The van der Waals surface area contributed by atoms with Gasteiger partial charge < -0.3 is 15.1 Å². The molecule has 1 atom stereocenters. The average molecular weight is 409 g/mol. The van der Waals surface area contributed by atoms with E-state index in [4.69, 9.17) is 0 Å². The minimum atomic E-state index is -1.09. The Morgan fingerprint density at radius 3 is 2.23 bits per heavy atom. The van der Waals surface area contributed by atoms with Crippen molar-refractivity contribution >= 4 is 0 Å². The Morgan fingerprint density at radius 2 is 1.67 bits per heavy atom. The third kappa shape index (κ3) is 3.70. The number of hydrogen-bond acceptors (Lipinski definition) is 4. The lowest BCUT2D eigenvalue weighted by molar-refractivity contribution is -0.127. The molecule has 1 saturated carbocycles. The lowest BCUT2D eigenvalue weighted by atomic mass is 9.62. The van der Waals surface area contributed by atoms with Crippen molar-refractivity contribution in [2.45, 2.75) is 70.0 Å². The first kappa shape index (κ1) is 21.5. The highest BCUT2D eigenvalue weighted by Crippen LogP contribution is 2.50. The summed E-state index contributed by atoms with van der Waals surface area (Å²) in [5, 5.41) is 22.2. The zero-order valence-corrected chi connectivity index (χ0v) is 18.8. The van der Waals surface area contributed by atoms with Gasteiger partial charge in [0.1, 0.15) is 5.60 Å². The average Bonchev–Trinajstić information content (AvgIpc) is 2.72. The summed E-state index contributed by atoms with van der Waals surface area (Å²) in [4.78, 5) is 6.83. The molecule has 1 aromatic heterocycles. The van der Waals surface area contributed by atoms with E-state index in [0.29, 0.717) is 11.8 Å². The van der Waals surface area contributed by atoms with Crippen LogP contribution in [0.4, 0.5) is 0 Å². The molecule has 1 aliphatic carbocycles. The van der Waals surface area contributed by atoms with E-state index in [0.717, 1.165) is 49.9 Å². The van der Waals surface area contributed by atoms with Crippen LogP contribution in [0, 0.1) is 5.41 Å². The number of aliphatic hydroxyl groups excluding tert-OH is 1. The van der Waals surface area contributed by atoms with Crippen molar-refractivity contribution < 1.29 is 10.2 Å². The number of aliphatic hydroxyl groups is 2. The van der Waals surface area contributed by atoms with Crippen LogP contribution < -0.4 is 0 Å². The van der Waals surface area contributed by atoms with E-state index < -0.39 is 5.60 Å². The van der Waals surface area contributed by atoms with Crippen LogP contribution in [-0.4, -0.2) is 46.3 Å². The molecule has 4 nitrogen and oxygen atoms in total. The zero-order valence-electron chi connectivity index (χ0n) is 18.8. The van der Waals surface area contributed by atoms with Crippen LogP contribution in [0.25, 0.3) is 0 Å². The van der Waals surface area contributed by atoms with Gasteiger partial charge in [-0.05, 0) is 67.3 Å². The monoisotopic (exact) mass is 408 g/mol. The number of nitrogens with zero attached hydrogens (tertiary/aromatic N) is 2. The van der Waals surface area contributed by atoms with Crippen LogP contribution in [0.2, 0.25) is 0 Å². The molecule has 1 unspecified atom stereocenters. The second kappa shape index (κ2) is 8.07. The Bertz CT molecular complexity index is 865. The first-order chi connectivity index (χ1) is 14.2. The maximum absolute atomic E-state index is 12.3.